The van der Waals surface area contributed by atoms with E-state index in [-0.39, 0.29) is 17.9 Å². The SMILES string of the molecule is O=c1c2ccsc2ccn1Cc1nc2cc(F)ccc2o1. The molecule has 0 aliphatic heterocycles. The highest BCUT2D eigenvalue weighted by molar-refractivity contribution is 7.17. The Kier molecular flexibility index (Phi) is 2.65. The van der Waals surface area contributed by atoms with Crippen LogP contribution >= 0.6 is 11.3 Å². The summed E-state index contributed by atoms with van der Waals surface area (Å²) < 4.78 is 21.2. The number of oxazole rings is 1. The predicted molar refractivity (Wildman–Crippen MR) is 79.2 cm³/mol. The van der Waals surface area contributed by atoms with E-state index in [1.54, 1.807) is 12.3 Å². The summed E-state index contributed by atoms with van der Waals surface area (Å²) in [7, 11) is 0. The Labute approximate surface area is 122 Å². The zero-order valence-corrected chi connectivity index (χ0v) is 11.6. The van der Waals surface area contributed by atoms with Gasteiger partial charge in [-0.25, -0.2) is 9.37 Å². The number of thiophene rings is 1. The Hall–Kier alpha value is -2.47. The number of aromatic nitrogens is 2. The van der Waals surface area contributed by atoms with E-state index in [1.165, 1.54) is 34.1 Å². The second-order valence-corrected chi connectivity index (χ2v) is 5.61. The summed E-state index contributed by atoms with van der Waals surface area (Å²) in [5, 5.41) is 2.57. The summed E-state index contributed by atoms with van der Waals surface area (Å²) in [6.45, 7) is 0.223. The normalized spacial score (nSPS) is 11.5. The van der Waals surface area contributed by atoms with Crippen LogP contribution in [0.25, 0.3) is 21.2 Å². The molecule has 0 radical (unpaired) electrons. The lowest BCUT2D eigenvalue weighted by Crippen LogP contribution is -2.19. The summed E-state index contributed by atoms with van der Waals surface area (Å²) >= 11 is 1.53. The number of fused-ring (bicyclic) bond motifs is 2. The summed E-state index contributed by atoms with van der Waals surface area (Å²) in [6, 6.07) is 7.87. The summed E-state index contributed by atoms with van der Waals surface area (Å²) in [6.07, 6.45) is 1.72. The van der Waals surface area contributed by atoms with E-state index in [4.69, 9.17) is 4.42 Å². The molecule has 0 spiro atoms. The maximum absolute atomic E-state index is 13.1. The van der Waals surface area contributed by atoms with Gasteiger partial charge in [0, 0.05) is 17.0 Å². The van der Waals surface area contributed by atoms with Crippen molar-refractivity contribution in [2.24, 2.45) is 0 Å². The van der Waals surface area contributed by atoms with Gasteiger partial charge in [0.25, 0.3) is 5.56 Å². The molecule has 1 aromatic carbocycles. The highest BCUT2D eigenvalue weighted by atomic mass is 32.1. The molecule has 0 aliphatic rings. The van der Waals surface area contributed by atoms with Crippen molar-refractivity contribution in [1.82, 2.24) is 9.55 Å². The van der Waals surface area contributed by atoms with Crippen LogP contribution in [-0.2, 0) is 6.54 Å². The standard InChI is InChI=1S/C15H9FN2O2S/c16-9-1-2-12-11(7-9)17-14(20-12)8-18-5-3-13-10(15(18)19)4-6-21-13/h1-7H,8H2. The fourth-order valence-electron chi connectivity index (χ4n) is 2.29. The van der Waals surface area contributed by atoms with Crippen LogP contribution in [0.4, 0.5) is 4.39 Å². The lowest BCUT2D eigenvalue weighted by atomic mass is 10.3. The molecule has 4 nitrogen and oxygen atoms in total. The molecule has 0 atom stereocenters. The quantitative estimate of drug-likeness (QED) is 0.570. The Morgan fingerprint density at radius 1 is 1.29 bits per heavy atom. The monoisotopic (exact) mass is 300 g/mol. The lowest BCUT2D eigenvalue weighted by Gasteiger charge is -2.01. The van der Waals surface area contributed by atoms with Crippen molar-refractivity contribution >= 4 is 32.5 Å². The maximum atomic E-state index is 13.1. The van der Waals surface area contributed by atoms with Gasteiger partial charge >= 0.3 is 0 Å². The van der Waals surface area contributed by atoms with Gasteiger partial charge in [-0.2, -0.15) is 0 Å². The number of pyridine rings is 1. The minimum absolute atomic E-state index is 0.0813. The van der Waals surface area contributed by atoms with Crippen molar-refractivity contribution in [3.05, 3.63) is 64.0 Å². The van der Waals surface area contributed by atoms with E-state index in [0.717, 1.165) is 4.70 Å². The van der Waals surface area contributed by atoms with Crippen molar-refractivity contribution in [3.63, 3.8) is 0 Å². The Bertz CT molecular complexity index is 1020. The minimum Gasteiger partial charge on any atom is -0.439 e. The van der Waals surface area contributed by atoms with Crippen LogP contribution in [0.5, 0.6) is 0 Å². The summed E-state index contributed by atoms with van der Waals surface area (Å²) in [5.74, 6) is 0.0199. The first-order valence-electron chi connectivity index (χ1n) is 6.32. The zero-order chi connectivity index (χ0) is 14.4. The van der Waals surface area contributed by atoms with Gasteiger partial charge in [-0.15, -0.1) is 11.3 Å². The fraction of sp³-hybridized carbons (Fsp3) is 0.0667. The minimum atomic E-state index is -0.362. The van der Waals surface area contributed by atoms with Crippen molar-refractivity contribution in [2.45, 2.75) is 6.54 Å². The van der Waals surface area contributed by atoms with Crippen LogP contribution in [0.1, 0.15) is 5.89 Å². The Morgan fingerprint density at radius 2 is 2.19 bits per heavy atom. The number of hydrogen-bond donors (Lipinski definition) is 0. The van der Waals surface area contributed by atoms with Gasteiger partial charge in [-0.3, -0.25) is 4.79 Å². The van der Waals surface area contributed by atoms with E-state index in [0.29, 0.717) is 22.4 Å². The van der Waals surface area contributed by atoms with Gasteiger partial charge in [0.1, 0.15) is 17.9 Å². The van der Waals surface area contributed by atoms with Crippen LogP contribution in [0.3, 0.4) is 0 Å². The molecule has 6 heteroatoms. The molecule has 0 bridgehead atoms. The van der Waals surface area contributed by atoms with Gasteiger partial charge in [-0.1, -0.05) is 0 Å². The maximum Gasteiger partial charge on any atom is 0.259 e. The van der Waals surface area contributed by atoms with E-state index in [2.05, 4.69) is 4.98 Å². The smallest absolute Gasteiger partial charge is 0.259 e. The third-order valence-electron chi connectivity index (χ3n) is 3.29. The van der Waals surface area contributed by atoms with Crippen molar-refractivity contribution in [1.29, 1.82) is 0 Å². The molecular weight excluding hydrogens is 291 g/mol. The second-order valence-electron chi connectivity index (χ2n) is 4.67. The Balaban J connectivity index is 1.78. The molecule has 0 aliphatic carbocycles. The van der Waals surface area contributed by atoms with Gasteiger partial charge in [0.05, 0.1) is 5.39 Å². The number of rotatable bonds is 2. The molecule has 0 N–H and O–H groups in total. The van der Waals surface area contributed by atoms with Crippen LogP contribution in [-0.4, -0.2) is 9.55 Å². The molecular formula is C15H9FN2O2S. The van der Waals surface area contributed by atoms with Gasteiger partial charge in [0.2, 0.25) is 5.89 Å². The number of hydrogen-bond acceptors (Lipinski definition) is 4. The highest BCUT2D eigenvalue weighted by Crippen LogP contribution is 2.19. The molecule has 3 aromatic heterocycles. The van der Waals surface area contributed by atoms with Crippen molar-refractivity contribution in [2.75, 3.05) is 0 Å². The second kappa shape index (κ2) is 4.53. The third kappa shape index (κ3) is 2.04. The van der Waals surface area contributed by atoms with E-state index < -0.39 is 0 Å². The molecule has 3 heterocycles. The highest BCUT2D eigenvalue weighted by Gasteiger charge is 2.10. The first-order chi connectivity index (χ1) is 10.2. The average molecular weight is 300 g/mol. The van der Waals surface area contributed by atoms with E-state index in [9.17, 15) is 9.18 Å². The third-order valence-corrected chi connectivity index (χ3v) is 4.17. The number of nitrogens with zero attached hydrogens (tertiary/aromatic N) is 2. The zero-order valence-electron chi connectivity index (χ0n) is 10.7. The molecule has 0 unspecified atom stereocenters. The largest absolute Gasteiger partial charge is 0.439 e. The Morgan fingerprint density at radius 3 is 3.10 bits per heavy atom. The molecule has 0 amide bonds. The van der Waals surface area contributed by atoms with Gasteiger partial charge < -0.3 is 8.98 Å². The van der Waals surface area contributed by atoms with Crippen molar-refractivity contribution in [3.8, 4) is 0 Å². The van der Waals surface area contributed by atoms with Crippen molar-refractivity contribution < 1.29 is 8.81 Å². The molecule has 0 saturated carbocycles. The predicted octanol–water partition coefficient (Wildman–Crippen LogP) is 3.39. The van der Waals surface area contributed by atoms with E-state index >= 15 is 0 Å². The lowest BCUT2D eigenvalue weighted by molar-refractivity contribution is 0.505. The van der Waals surface area contributed by atoms with Gasteiger partial charge in [0.15, 0.2) is 5.58 Å². The first-order valence-corrected chi connectivity index (χ1v) is 7.20. The summed E-state index contributed by atoms with van der Waals surface area (Å²) in [4.78, 5) is 16.5. The molecule has 4 aromatic rings. The summed E-state index contributed by atoms with van der Waals surface area (Å²) in [5.41, 5.74) is 0.882. The number of halogens is 1. The average Bonchev–Trinajstić information content (AvgIpc) is 3.07. The van der Waals surface area contributed by atoms with Crippen LogP contribution in [0, 0.1) is 5.82 Å². The molecule has 0 saturated heterocycles. The molecule has 4 rings (SSSR count). The van der Waals surface area contributed by atoms with E-state index in [1.807, 2.05) is 11.4 Å². The van der Waals surface area contributed by atoms with Crippen LogP contribution in [0.2, 0.25) is 0 Å². The first kappa shape index (κ1) is 12.3. The molecule has 104 valence electrons. The molecule has 21 heavy (non-hydrogen) atoms. The topological polar surface area (TPSA) is 48.0 Å². The molecule has 0 fully saturated rings. The van der Waals surface area contributed by atoms with Gasteiger partial charge in [-0.05, 0) is 29.6 Å². The fourth-order valence-corrected chi connectivity index (χ4v) is 3.07. The number of benzene rings is 1. The van der Waals surface area contributed by atoms with Crippen LogP contribution < -0.4 is 5.56 Å². The van der Waals surface area contributed by atoms with Crippen LogP contribution in [0.15, 0.2) is 51.1 Å².